The maximum Gasteiger partial charge on any atom is 0.417 e. The summed E-state index contributed by atoms with van der Waals surface area (Å²) in [7, 11) is 3.58. The van der Waals surface area contributed by atoms with Crippen molar-refractivity contribution in [2.75, 3.05) is 37.0 Å². The number of rotatable bonds is 8. The highest BCUT2D eigenvalue weighted by molar-refractivity contribution is 5.92. The summed E-state index contributed by atoms with van der Waals surface area (Å²) in [6, 6.07) is 0. The molecule has 0 saturated carbocycles. The molecule has 0 fully saturated rings. The van der Waals surface area contributed by atoms with Gasteiger partial charge in [0.25, 0.3) is 0 Å². The lowest BCUT2D eigenvalue weighted by atomic mass is 10.3. The van der Waals surface area contributed by atoms with Crippen molar-refractivity contribution >= 4 is 35.1 Å². The van der Waals surface area contributed by atoms with E-state index in [1.165, 1.54) is 6.20 Å². The number of ether oxygens (including phenoxy) is 1. The van der Waals surface area contributed by atoms with E-state index in [1.807, 2.05) is 6.92 Å². The van der Waals surface area contributed by atoms with Gasteiger partial charge in [-0.25, -0.2) is 14.7 Å². The van der Waals surface area contributed by atoms with E-state index in [1.54, 1.807) is 19.0 Å². The number of fused-ring (bicyclic) bond motifs is 1. The van der Waals surface area contributed by atoms with Crippen LogP contribution >= 0.6 is 0 Å². The van der Waals surface area contributed by atoms with Crippen LogP contribution in [0.2, 0.25) is 0 Å². The number of nitrogens with zero attached hydrogens (tertiary/aromatic N) is 5. The van der Waals surface area contributed by atoms with Crippen molar-refractivity contribution in [1.29, 1.82) is 0 Å². The molecule has 25 heavy (non-hydrogen) atoms. The maximum absolute atomic E-state index is 12.2. The minimum atomic E-state index is -1.17. The number of H-pyrrole nitrogens is 1. The molecule has 1 amide bonds. The van der Waals surface area contributed by atoms with Gasteiger partial charge in [-0.05, 0) is 6.42 Å². The molecule has 2 aromatic rings. The number of amides is 1. The Morgan fingerprint density at radius 3 is 2.68 bits per heavy atom. The number of aromatic nitrogens is 4. The van der Waals surface area contributed by atoms with Crippen LogP contribution in [-0.2, 0) is 9.53 Å². The maximum atomic E-state index is 12.2. The molecule has 0 aliphatic carbocycles. The van der Waals surface area contributed by atoms with Crippen molar-refractivity contribution in [3.63, 3.8) is 0 Å². The highest BCUT2D eigenvalue weighted by atomic mass is 16.6. The summed E-state index contributed by atoms with van der Waals surface area (Å²) >= 11 is 0. The zero-order valence-corrected chi connectivity index (χ0v) is 14.5. The fourth-order valence-electron chi connectivity index (χ4n) is 2.08. The Bertz CT molecular complexity index is 745. The first-order chi connectivity index (χ1) is 11.9. The Balaban J connectivity index is 2.23. The number of imidazole rings is 1. The van der Waals surface area contributed by atoms with Crippen molar-refractivity contribution in [2.24, 2.45) is 0 Å². The smallest absolute Gasteiger partial charge is 0.417 e. The first-order valence-corrected chi connectivity index (χ1v) is 7.98. The molecule has 0 spiro atoms. The Morgan fingerprint density at radius 1 is 1.28 bits per heavy atom. The largest absolute Gasteiger partial charge is 0.480 e. The average Bonchev–Trinajstić information content (AvgIpc) is 2.98. The average molecular weight is 350 g/mol. The number of carbonyl (C=O) groups is 2. The molecule has 10 heteroatoms. The van der Waals surface area contributed by atoms with E-state index < -0.39 is 18.6 Å². The van der Waals surface area contributed by atoms with Crippen LogP contribution in [0.3, 0.4) is 0 Å². The second-order valence-electron chi connectivity index (χ2n) is 5.66. The number of aromatic amines is 1. The van der Waals surface area contributed by atoms with Crippen LogP contribution < -0.4 is 9.80 Å². The normalized spacial score (nSPS) is 10.7. The number of aliphatic carboxylic acids is 1. The SMILES string of the molecule is CCCCCOC(=O)N(CC(=O)O)c1nc2nc(N(C)C)ncc2[nH]1. The molecule has 0 aromatic carbocycles. The van der Waals surface area contributed by atoms with Crippen LogP contribution in [0.15, 0.2) is 6.20 Å². The van der Waals surface area contributed by atoms with E-state index in [0.29, 0.717) is 17.1 Å². The number of carbonyl (C=O) groups excluding carboxylic acids is 1. The summed E-state index contributed by atoms with van der Waals surface area (Å²) in [5.74, 6) is -0.661. The van der Waals surface area contributed by atoms with E-state index in [2.05, 4.69) is 19.9 Å². The van der Waals surface area contributed by atoms with Crippen LogP contribution in [0.25, 0.3) is 11.2 Å². The highest BCUT2D eigenvalue weighted by Gasteiger charge is 2.24. The number of carboxylic acid groups (broad SMARTS) is 1. The van der Waals surface area contributed by atoms with E-state index in [4.69, 9.17) is 9.84 Å². The van der Waals surface area contributed by atoms with Gasteiger partial charge >= 0.3 is 12.1 Å². The zero-order valence-electron chi connectivity index (χ0n) is 14.5. The molecule has 0 radical (unpaired) electrons. The van der Waals surface area contributed by atoms with Gasteiger partial charge in [0.2, 0.25) is 11.9 Å². The molecular formula is C15H22N6O4. The van der Waals surface area contributed by atoms with Gasteiger partial charge in [-0.2, -0.15) is 9.97 Å². The fraction of sp³-hybridized carbons (Fsp3) is 0.533. The summed E-state index contributed by atoms with van der Waals surface area (Å²) in [5.41, 5.74) is 0.831. The molecule has 0 unspecified atom stereocenters. The number of hydrogen-bond donors (Lipinski definition) is 2. The summed E-state index contributed by atoms with van der Waals surface area (Å²) < 4.78 is 5.14. The van der Waals surface area contributed by atoms with E-state index >= 15 is 0 Å². The second-order valence-corrected chi connectivity index (χ2v) is 5.66. The van der Waals surface area contributed by atoms with Crippen LogP contribution in [0.1, 0.15) is 26.2 Å². The number of nitrogens with one attached hydrogen (secondary N) is 1. The third-order valence-electron chi connectivity index (χ3n) is 3.36. The standard InChI is InChI=1S/C15H22N6O4/c1-4-5-6-7-25-15(24)21(9-11(22)23)14-17-10-8-16-13(20(2)3)18-12(10)19-14/h8H,4-7,9H2,1-3H3,(H,22,23)(H,16,17,18,19). The lowest BCUT2D eigenvalue weighted by Crippen LogP contribution is -2.37. The van der Waals surface area contributed by atoms with Crippen molar-refractivity contribution in [3.8, 4) is 0 Å². The molecule has 2 rings (SSSR count). The quantitative estimate of drug-likeness (QED) is 0.688. The van der Waals surface area contributed by atoms with Crippen LogP contribution in [0, 0.1) is 0 Å². The van der Waals surface area contributed by atoms with Crippen molar-refractivity contribution in [1.82, 2.24) is 19.9 Å². The fourth-order valence-corrected chi connectivity index (χ4v) is 2.08. The van der Waals surface area contributed by atoms with Gasteiger partial charge in [0.05, 0.1) is 12.8 Å². The van der Waals surface area contributed by atoms with Gasteiger partial charge in [-0.1, -0.05) is 19.8 Å². The van der Waals surface area contributed by atoms with Crippen LogP contribution in [0.5, 0.6) is 0 Å². The Labute approximate surface area is 144 Å². The third kappa shape index (κ3) is 4.78. The molecule has 10 nitrogen and oxygen atoms in total. The highest BCUT2D eigenvalue weighted by Crippen LogP contribution is 2.18. The number of carboxylic acids is 1. The van der Waals surface area contributed by atoms with Crippen LogP contribution in [0.4, 0.5) is 16.7 Å². The molecule has 0 saturated heterocycles. The Hall–Kier alpha value is -2.91. The number of hydrogen-bond acceptors (Lipinski definition) is 7. The first kappa shape index (κ1) is 18.4. The topological polar surface area (TPSA) is 125 Å². The molecule has 2 aromatic heterocycles. The number of anilines is 2. The number of unbranched alkanes of at least 4 members (excludes halogenated alkanes) is 2. The van der Waals surface area contributed by atoms with Gasteiger partial charge in [0, 0.05) is 14.1 Å². The van der Waals surface area contributed by atoms with Gasteiger partial charge < -0.3 is 19.7 Å². The van der Waals surface area contributed by atoms with Crippen molar-refractivity contribution in [2.45, 2.75) is 26.2 Å². The molecule has 136 valence electrons. The molecule has 0 aliphatic heterocycles. The van der Waals surface area contributed by atoms with E-state index in [0.717, 1.165) is 24.2 Å². The van der Waals surface area contributed by atoms with Gasteiger partial charge in [-0.15, -0.1) is 0 Å². The van der Waals surface area contributed by atoms with Crippen molar-refractivity contribution in [3.05, 3.63) is 6.20 Å². The molecule has 0 atom stereocenters. The van der Waals surface area contributed by atoms with Crippen molar-refractivity contribution < 1.29 is 19.4 Å². The van der Waals surface area contributed by atoms with Crippen LogP contribution in [-0.4, -0.2) is 64.4 Å². The predicted octanol–water partition coefficient (Wildman–Crippen LogP) is 1.64. The van der Waals surface area contributed by atoms with E-state index in [-0.39, 0.29) is 12.6 Å². The Kier molecular flexibility index (Phi) is 6.09. The summed E-state index contributed by atoms with van der Waals surface area (Å²) in [4.78, 5) is 41.4. The minimum absolute atomic E-state index is 0.0584. The predicted molar refractivity (Wildman–Crippen MR) is 91.9 cm³/mol. The summed E-state index contributed by atoms with van der Waals surface area (Å²) in [6.45, 7) is 1.70. The first-order valence-electron chi connectivity index (χ1n) is 7.98. The molecular weight excluding hydrogens is 328 g/mol. The summed E-state index contributed by atoms with van der Waals surface area (Å²) in [6.07, 6.45) is 3.41. The lowest BCUT2D eigenvalue weighted by Gasteiger charge is -2.17. The van der Waals surface area contributed by atoms with Gasteiger partial charge in [0.15, 0.2) is 5.65 Å². The lowest BCUT2D eigenvalue weighted by molar-refractivity contribution is -0.135. The van der Waals surface area contributed by atoms with Gasteiger partial charge in [0.1, 0.15) is 12.1 Å². The Morgan fingerprint density at radius 2 is 2.04 bits per heavy atom. The van der Waals surface area contributed by atoms with Gasteiger partial charge in [-0.3, -0.25) is 4.79 Å². The molecule has 2 N–H and O–H groups in total. The van der Waals surface area contributed by atoms with E-state index in [9.17, 15) is 9.59 Å². The minimum Gasteiger partial charge on any atom is -0.480 e. The molecule has 0 bridgehead atoms. The monoisotopic (exact) mass is 350 g/mol. The second kappa shape index (κ2) is 8.27. The summed E-state index contributed by atoms with van der Waals surface area (Å²) in [5, 5.41) is 9.07. The molecule has 0 aliphatic rings. The molecule has 2 heterocycles. The third-order valence-corrected chi connectivity index (χ3v) is 3.36. The zero-order chi connectivity index (χ0) is 18.4.